The molecule has 0 amide bonds. The van der Waals surface area contributed by atoms with Gasteiger partial charge in [-0.3, -0.25) is 9.78 Å². The highest BCUT2D eigenvalue weighted by Gasteiger charge is 2.57. The zero-order valence-electron chi connectivity index (χ0n) is 14.6. The van der Waals surface area contributed by atoms with Crippen molar-refractivity contribution < 1.29 is 13.9 Å². The number of aryl methyl sites for hydroxylation is 1. The van der Waals surface area contributed by atoms with Gasteiger partial charge in [-0.2, -0.15) is 0 Å². The number of aliphatic imine (C=N–C) groups is 1. The lowest BCUT2D eigenvalue weighted by Crippen LogP contribution is -2.35. The van der Waals surface area contributed by atoms with Crippen LogP contribution in [-0.2, 0) is 16.7 Å². The number of amidine groups is 1. The van der Waals surface area contributed by atoms with Crippen molar-refractivity contribution in [2.75, 3.05) is 0 Å². The van der Waals surface area contributed by atoms with E-state index in [0.717, 1.165) is 12.1 Å². The molecule has 0 unspecified atom stereocenters. The number of rotatable bonds is 4. The standard InChI is InChI=1S/C19H19FN4O2/c1-10-8-23-15(9-22-10)16(25)6-11-3-4-14(20)12(5-11)19(2)13-7-17(13)26-18(21)24-19/h3-5,8-9,13,17H,6-7H2,1-2H3,(H2,21,24)/t13-,17+,19-/m1/s1. The summed E-state index contributed by atoms with van der Waals surface area (Å²) in [7, 11) is 0. The summed E-state index contributed by atoms with van der Waals surface area (Å²) in [6, 6.07) is 4.77. The number of hydrogen-bond donors (Lipinski definition) is 1. The summed E-state index contributed by atoms with van der Waals surface area (Å²) < 4.78 is 20.0. The second-order valence-electron chi connectivity index (χ2n) is 7.05. The van der Waals surface area contributed by atoms with Gasteiger partial charge < -0.3 is 10.5 Å². The van der Waals surface area contributed by atoms with Crippen LogP contribution in [0.4, 0.5) is 4.39 Å². The van der Waals surface area contributed by atoms with E-state index in [-0.39, 0.29) is 36.1 Å². The van der Waals surface area contributed by atoms with Gasteiger partial charge >= 0.3 is 0 Å². The molecule has 1 fully saturated rings. The van der Waals surface area contributed by atoms with E-state index in [1.807, 2.05) is 6.92 Å². The zero-order valence-corrected chi connectivity index (χ0v) is 14.6. The second-order valence-corrected chi connectivity index (χ2v) is 7.05. The monoisotopic (exact) mass is 354 g/mol. The predicted molar refractivity (Wildman–Crippen MR) is 93.2 cm³/mol. The van der Waals surface area contributed by atoms with Gasteiger partial charge in [0.05, 0.1) is 17.4 Å². The molecule has 134 valence electrons. The first-order valence-electron chi connectivity index (χ1n) is 8.49. The molecule has 2 heterocycles. The minimum atomic E-state index is -0.778. The first-order chi connectivity index (χ1) is 12.4. The van der Waals surface area contributed by atoms with Gasteiger partial charge in [-0.05, 0) is 38.0 Å². The molecule has 3 atom stereocenters. The molecule has 1 aliphatic heterocycles. The van der Waals surface area contributed by atoms with Gasteiger partial charge in [0, 0.05) is 24.1 Å². The highest BCUT2D eigenvalue weighted by Crippen LogP contribution is 2.53. The van der Waals surface area contributed by atoms with E-state index in [9.17, 15) is 9.18 Å². The number of Topliss-reactive ketones (excluding diaryl/α,β-unsaturated/α-hetero) is 1. The number of nitrogens with zero attached hydrogens (tertiary/aromatic N) is 3. The Hall–Kier alpha value is -2.83. The summed E-state index contributed by atoms with van der Waals surface area (Å²) in [5.74, 6) is -0.430. The lowest BCUT2D eigenvalue weighted by molar-refractivity contribution is 0.0987. The van der Waals surface area contributed by atoms with Gasteiger partial charge in [0.2, 0.25) is 0 Å². The molecule has 0 saturated heterocycles. The summed E-state index contributed by atoms with van der Waals surface area (Å²) >= 11 is 0. The molecule has 4 rings (SSSR count). The molecule has 0 bridgehead atoms. The van der Waals surface area contributed by atoms with Gasteiger partial charge in [-0.25, -0.2) is 14.4 Å². The van der Waals surface area contributed by atoms with Crippen LogP contribution in [0.2, 0.25) is 0 Å². The number of benzene rings is 1. The van der Waals surface area contributed by atoms with Gasteiger partial charge in [0.15, 0.2) is 5.78 Å². The smallest absolute Gasteiger partial charge is 0.283 e. The SMILES string of the molecule is Cc1cnc(C(=O)Cc2ccc(F)c([C@@]3(C)N=C(N)O[C@H]4C[C@H]43)c2)cn1. The van der Waals surface area contributed by atoms with E-state index < -0.39 is 5.54 Å². The predicted octanol–water partition coefficient (Wildman–Crippen LogP) is 2.30. The van der Waals surface area contributed by atoms with Crippen LogP contribution in [0.3, 0.4) is 0 Å². The van der Waals surface area contributed by atoms with Crippen molar-refractivity contribution in [3.63, 3.8) is 0 Å². The van der Waals surface area contributed by atoms with Crippen LogP contribution in [0.1, 0.15) is 40.7 Å². The van der Waals surface area contributed by atoms with Crippen molar-refractivity contribution >= 4 is 11.8 Å². The number of ketones is 1. The normalized spacial score (nSPS) is 26.5. The third kappa shape index (κ3) is 2.83. The summed E-state index contributed by atoms with van der Waals surface area (Å²) in [4.78, 5) is 25.0. The Labute approximate surface area is 150 Å². The van der Waals surface area contributed by atoms with E-state index >= 15 is 0 Å². The van der Waals surface area contributed by atoms with Gasteiger partial charge in [0.25, 0.3) is 6.02 Å². The summed E-state index contributed by atoms with van der Waals surface area (Å²) in [5.41, 5.74) is 7.16. The molecular formula is C19H19FN4O2. The number of carbonyl (C=O) groups excluding carboxylic acids is 1. The third-order valence-corrected chi connectivity index (χ3v) is 5.08. The van der Waals surface area contributed by atoms with E-state index in [2.05, 4.69) is 15.0 Å². The fourth-order valence-corrected chi connectivity index (χ4v) is 3.53. The number of hydrogen-bond acceptors (Lipinski definition) is 6. The molecule has 2 aromatic rings. The lowest BCUT2D eigenvalue weighted by atomic mass is 9.85. The topological polar surface area (TPSA) is 90.5 Å². The number of ether oxygens (including phenoxy) is 1. The maximum atomic E-state index is 14.6. The second kappa shape index (κ2) is 5.86. The van der Waals surface area contributed by atoms with Crippen LogP contribution in [-0.4, -0.2) is 27.9 Å². The van der Waals surface area contributed by atoms with Crippen molar-refractivity contribution in [3.8, 4) is 0 Å². The number of carbonyl (C=O) groups is 1. The minimum Gasteiger partial charge on any atom is -0.462 e. The first kappa shape index (κ1) is 16.6. The van der Waals surface area contributed by atoms with Crippen molar-refractivity contribution in [2.24, 2.45) is 16.6 Å². The van der Waals surface area contributed by atoms with Gasteiger partial charge in [-0.15, -0.1) is 0 Å². The molecule has 1 aromatic heterocycles. The molecule has 0 radical (unpaired) electrons. The summed E-state index contributed by atoms with van der Waals surface area (Å²) in [6.45, 7) is 3.67. The zero-order chi connectivity index (χ0) is 18.5. The van der Waals surface area contributed by atoms with Crippen LogP contribution in [0.15, 0.2) is 35.6 Å². The van der Waals surface area contributed by atoms with E-state index in [1.165, 1.54) is 12.3 Å². The molecule has 6 nitrogen and oxygen atoms in total. The quantitative estimate of drug-likeness (QED) is 0.851. The number of fused-ring (bicyclic) bond motifs is 1. The fraction of sp³-hybridized carbons (Fsp3) is 0.368. The lowest BCUT2D eigenvalue weighted by Gasteiger charge is -2.30. The van der Waals surface area contributed by atoms with Crippen molar-refractivity contribution in [3.05, 3.63) is 58.9 Å². The summed E-state index contributed by atoms with van der Waals surface area (Å²) in [6.07, 6.45) is 3.91. The Morgan fingerprint density at radius 2 is 2.19 bits per heavy atom. The van der Waals surface area contributed by atoms with Gasteiger partial charge in [-0.1, -0.05) is 6.07 Å². The molecule has 1 aromatic carbocycles. The van der Waals surface area contributed by atoms with Crippen LogP contribution in [0, 0.1) is 18.7 Å². The molecule has 2 aliphatic rings. The fourth-order valence-electron chi connectivity index (χ4n) is 3.53. The molecule has 1 aliphatic carbocycles. The molecule has 26 heavy (non-hydrogen) atoms. The third-order valence-electron chi connectivity index (χ3n) is 5.08. The minimum absolute atomic E-state index is 0.00924. The Morgan fingerprint density at radius 1 is 1.38 bits per heavy atom. The maximum Gasteiger partial charge on any atom is 0.283 e. The van der Waals surface area contributed by atoms with Crippen molar-refractivity contribution in [2.45, 2.75) is 38.3 Å². The molecule has 1 saturated carbocycles. The average Bonchev–Trinajstić information content (AvgIpc) is 3.37. The van der Waals surface area contributed by atoms with Crippen LogP contribution in [0.5, 0.6) is 0 Å². The number of aromatic nitrogens is 2. The molecule has 7 heteroatoms. The first-order valence-corrected chi connectivity index (χ1v) is 8.49. The van der Waals surface area contributed by atoms with Crippen molar-refractivity contribution in [1.29, 1.82) is 0 Å². The highest BCUT2D eigenvalue weighted by atomic mass is 19.1. The van der Waals surface area contributed by atoms with Crippen molar-refractivity contribution in [1.82, 2.24) is 9.97 Å². The average molecular weight is 354 g/mol. The highest BCUT2D eigenvalue weighted by molar-refractivity contribution is 5.95. The van der Waals surface area contributed by atoms with Crippen LogP contribution >= 0.6 is 0 Å². The maximum absolute atomic E-state index is 14.6. The Kier molecular flexibility index (Phi) is 3.75. The Morgan fingerprint density at radius 3 is 2.92 bits per heavy atom. The van der Waals surface area contributed by atoms with E-state index in [1.54, 1.807) is 25.3 Å². The Balaban J connectivity index is 1.64. The number of nitrogens with two attached hydrogens (primary N) is 1. The molecule has 2 N–H and O–H groups in total. The number of halogens is 1. The molecular weight excluding hydrogens is 335 g/mol. The largest absolute Gasteiger partial charge is 0.462 e. The summed E-state index contributed by atoms with van der Waals surface area (Å²) in [5, 5.41) is 0. The van der Waals surface area contributed by atoms with Gasteiger partial charge in [0.1, 0.15) is 17.6 Å². The van der Waals surface area contributed by atoms with Crippen LogP contribution < -0.4 is 5.73 Å². The Bertz CT molecular complexity index is 912. The van der Waals surface area contributed by atoms with Crippen LogP contribution in [0.25, 0.3) is 0 Å². The van der Waals surface area contributed by atoms with E-state index in [0.29, 0.717) is 16.8 Å². The molecule has 0 spiro atoms. The van der Waals surface area contributed by atoms with E-state index in [4.69, 9.17) is 10.5 Å².